The molecule has 2 rings (SSSR count). The highest BCUT2D eigenvalue weighted by Crippen LogP contribution is 2.27. The molecule has 0 fully saturated rings. The summed E-state index contributed by atoms with van der Waals surface area (Å²) in [5.41, 5.74) is 2.31. The molecule has 0 aliphatic carbocycles. The Hall–Kier alpha value is -2.80. The molecule has 7 nitrogen and oxygen atoms in total. The smallest absolute Gasteiger partial charge is 0.271 e. The number of anilines is 2. The van der Waals surface area contributed by atoms with Crippen molar-refractivity contribution in [2.45, 2.75) is 6.54 Å². The highest BCUT2D eigenvalue weighted by molar-refractivity contribution is 5.72. The Morgan fingerprint density at radius 1 is 1.17 bits per heavy atom. The molecule has 2 aromatic rings. The van der Waals surface area contributed by atoms with E-state index in [0.717, 1.165) is 11.3 Å². The number of nitrogens with one attached hydrogen (secondary N) is 2. The molecule has 0 aromatic heterocycles. The predicted molar refractivity (Wildman–Crippen MR) is 89.0 cm³/mol. The van der Waals surface area contributed by atoms with Crippen molar-refractivity contribution in [3.63, 3.8) is 0 Å². The average Bonchev–Trinajstić information content (AvgIpc) is 2.58. The molecule has 3 N–H and O–H groups in total. The second-order valence-corrected chi connectivity index (χ2v) is 4.84. The molecule has 0 unspecified atom stereocenters. The first-order valence-corrected chi connectivity index (χ1v) is 7.14. The molecule has 0 heterocycles. The predicted octanol–water partition coefficient (Wildman–Crippen LogP) is 2.62. The third kappa shape index (κ3) is 4.58. The average molecular weight is 317 g/mol. The van der Waals surface area contributed by atoms with Crippen LogP contribution < -0.4 is 15.4 Å². The van der Waals surface area contributed by atoms with Gasteiger partial charge in [-0.1, -0.05) is 12.1 Å². The second-order valence-electron chi connectivity index (χ2n) is 4.84. The second kappa shape index (κ2) is 8.00. The van der Waals surface area contributed by atoms with Crippen LogP contribution in [-0.2, 0) is 6.54 Å². The molecular weight excluding hydrogens is 298 g/mol. The van der Waals surface area contributed by atoms with E-state index in [9.17, 15) is 10.1 Å². The number of hydrogen-bond donors (Lipinski definition) is 3. The Bertz CT molecular complexity index is 676. The van der Waals surface area contributed by atoms with Gasteiger partial charge in [-0.15, -0.1) is 0 Å². The summed E-state index contributed by atoms with van der Waals surface area (Å²) >= 11 is 0. The number of nitrogens with zero attached hydrogens (tertiary/aromatic N) is 1. The summed E-state index contributed by atoms with van der Waals surface area (Å²) in [6.45, 7) is 0.837. The van der Waals surface area contributed by atoms with E-state index >= 15 is 0 Å². The maximum absolute atomic E-state index is 10.9. The van der Waals surface area contributed by atoms with Crippen LogP contribution >= 0.6 is 0 Å². The van der Waals surface area contributed by atoms with Crippen LogP contribution in [0.2, 0.25) is 0 Å². The number of ether oxygens (including phenoxy) is 1. The van der Waals surface area contributed by atoms with Gasteiger partial charge in [-0.25, -0.2) is 0 Å². The standard InChI is InChI=1S/C16H19N3O4/c1-23-14-4-2-3-12(9-14)11-18-16-10-13(19(21)22)5-6-15(16)17-7-8-20/h2-6,9-10,17-18,20H,7-8,11H2,1H3. The molecule has 0 amide bonds. The Kier molecular flexibility index (Phi) is 5.76. The summed E-state index contributed by atoms with van der Waals surface area (Å²) in [5, 5.41) is 26.1. The van der Waals surface area contributed by atoms with Crippen LogP contribution in [-0.4, -0.2) is 30.3 Å². The molecule has 7 heteroatoms. The third-order valence-electron chi connectivity index (χ3n) is 3.26. The van der Waals surface area contributed by atoms with Gasteiger partial charge in [0.05, 0.1) is 30.0 Å². The van der Waals surface area contributed by atoms with Gasteiger partial charge in [-0.05, 0) is 23.8 Å². The van der Waals surface area contributed by atoms with Crippen molar-refractivity contribution >= 4 is 17.1 Å². The molecule has 2 aromatic carbocycles. The largest absolute Gasteiger partial charge is 0.497 e. The van der Waals surface area contributed by atoms with Crippen molar-refractivity contribution in [3.8, 4) is 5.75 Å². The maximum Gasteiger partial charge on any atom is 0.271 e. The number of aliphatic hydroxyl groups excluding tert-OH is 1. The number of hydrogen-bond acceptors (Lipinski definition) is 6. The zero-order valence-electron chi connectivity index (χ0n) is 12.8. The first-order chi connectivity index (χ1) is 11.1. The quantitative estimate of drug-likeness (QED) is 0.511. The van der Waals surface area contributed by atoms with Crippen LogP contribution in [0.4, 0.5) is 17.1 Å². The highest BCUT2D eigenvalue weighted by atomic mass is 16.6. The highest BCUT2D eigenvalue weighted by Gasteiger charge is 2.10. The van der Waals surface area contributed by atoms with Crippen LogP contribution in [0.3, 0.4) is 0 Å². The maximum atomic E-state index is 10.9. The number of methoxy groups -OCH3 is 1. The van der Waals surface area contributed by atoms with Crippen LogP contribution in [0.25, 0.3) is 0 Å². The fourth-order valence-electron chi connectivity index (χ4n) is 2.12. The third-order valence-corrected chi connectivity index (χ3v) is 3.26. The number of rotatable bonds is 8. The van der Waals surface area contributed by atoms with Gasteiger partial charge >= 0.3 is 0 Å². The van der Waals surface area contributed by atoms with E-state index in [-0.39, 0.29) is 12.3 Å². The van der Waals surface area contributed by atoms with E-state index in [1.165, 1.54) is 12.1 Å². The molecule has 0 bridgehead atoms. The lowest BCUT2D eigenvalue weighted by atomic mass is 10.2. The van der Waals surface area contributed by atoms with Crippen LogP contribution in [0.15, 0.2) is 42.5 Å². The number of aliphatic hydroxyl groups is 1. The Morgan fingerprint density at radius 3 is 2.70 bits per heavy atom. The lowest BCUT2D eigenvalue weighted by Crippen LogP contribution is -2.09. The number of nitro benzene ring substituents is 1. The molecule has 0 radical (unpaired) electrons. The van der Waals surface area contributed by atoms with Crippen molar-refractivity contribution in [1.29, 1.82) is 0 Å². The molecule has 23 heavy (non-hydrogen) atoms. The summed E-state index contributed by atoms with van der Waals surface area (Å²) in [6, 6.07) is 12.1. The molecule has 0 spiro atoms. The van der Waals surface area contributed by atoms with Gasteiger partial charge < -0.3 is 20.5 Å². The normalized spacial score (nSPS) is 10.2. The van der Waals surface area contributed by atoms with E-state index in [1.807, 2.05) is 24.3 Å². The van der Waals surface area contributed by atoms with E-state index in [2.05, 4.69) is 10.6 Å². The minimum atomic E-state index is -0.438. The topological polar surface area (TPSA) is 96.7 Å². The Labute approximate surface area is 134 Å². The van der Waals surface area contributed by atoms with E-state index in [0.29, 0.717) is 24.5 Å². The fraction of sp³-hybridized carbons (Fsp3) is 0.250. The Balaban J connectivity index is 2.17. The number of non-ortho nitro benzene ring substituents is 1. The van der Waals surface area contributed by atoms with Crippen molar-refractivity contribution in [2.75, 3.05) is 30.9 Å². The van der Waals surface area contributed by atoms with Crippen LogP contribution in [0, 0.1) is 10.1 Å². The van der Waals surface area contributed by atoms with Crippen molar-refractivity contribution < 1.29 is 14.8 Å². The summed E-state index contributed by atoms with van der Waals surface area (Å²) in [6.07, 6.45) is 0. The minimum Gasteiger partial charge on any atom is -0.497 e. The molecule has 0 saturated carbocycles. The Morgan fingerprint density at radius 2 is 2.00 bits per heavy atom. The van der Waals surface area contributed by atoms with Crippen molar-refractivity contribution in [2.24, 2.45) is 0 Å². The van der Waals surface area contributed by atoms with Gasteiger partial charge in [-0.3, -0.25) is 10.1 Å². The first kappa shape index (κ1) is 16.6. The molecule has 0 atom stereocenters. The van der Waals surface area contributed by atoms with Gasteiger partial charge in [0.25, 0.3) is 5.69 Å². The van der Waals surface area contributed by atoms with Crippen LogP contribution in [0.5, 0.6) is 5.75 Å². The van der Waals surface area contributed by atoms with E-state index in [1.54, 1.807) is 13.2 Å². The SMILES string of the molecule is COc1cccc(CNc2cc([N+](=O)[O-])ccc2NCCO)c1. The summed E-state index contributed by atoms with van der Waals surface area (Å²) in [5.74, 6) is 0.752. The lowest BCUT2D eigenvalue weighted by molar-refractivity contribution is -0.384. The summed E-state index contributed by atoms with van der Waals surface area (Å²) in [4.78, 5) is 10.5. The van der Waals surface area contributed by atoms with Gasteiger partial charge in [0, 0.05) is 25.2 Å². The molecule has 0 aliphatic heterocycles. The molecule has 0 aliphatic rings. The fourth-order valence-corrected chi connectivity index (χ4v) is 2.12. The van der Waals surface area contributed by atoms with Crippen molar-refractivity contribution in [3.05, 3.63) is 58.1 Å². The van der Waals surface area contributed by atoms with Gasteiger partial charge in [0.15, 0.2) is 0 Å². The van der Waals surface area contributed by atoms with Crippen molar-refractivity contribution in [1.82, 2.24) is 0 Å². The molecule has 122 valence electrons. The van der Waals surface area contributed by atoms with Gasteiger partial charge in [0.1, 0.15) is 5.75 Å². The number of benzene rings is 2. The van der Waals surface area contributed by atoms with Crippen LogP contribution in [0.1, 0.15) is 5.56 Å². The summed E-state index contributed by atoms with van der Waals surface area (Å²) < 4.78 is 5.18. The van der Waals surface area contributed by atoms with E-state index < -0.39 is 4.92 Å². The monoisotopic (exact) mass is 317 g/mol. The minimum absolute atomic E-state index is 0.00712. The lowest BCUT2D eigenvalue weighted by Gasteiger charge is -2.13. The first-order valence-electron chi connectivity index (χ1n) is 7.14. The summed E-state index contributed by atoms with van der Waals surface area (Å²) in [7, 11) is 1.60. The molecular formula is C16H19N3O4. The van der Waals surface area contributed by atoms with E-state index in [4.69, 9.17) is 9.84 Å². The van der Waals surface area contributed by atoms with Gasteiger partial charge in [-0.2, -0.15) is 0 Å². The zero-order valence-corrected chi connectivity index (χ0v) is 12.8. The number of nitro groups is 1. The molecule has 0 saturated heterocycles. The zero-order chi connectivity index (χ0) is 16.7. The van der Waals surface area contributed by atoms with Gasteiger partial charge in [0.2, 0.25) is 0 Å².